The quantitative estimate of drug-likeness (QED) is 0.816. The molecule has 1 aromatic heterocycles. The Hall–Kier alpha value is -0.830. The van der Waals surface area contributed by atoms with Crippen LogP contribution in [0.15, 0.2) is 12.3 Å². The Balaban J connectivity index is 1.97. The van der Waals surface area contributed by atoms with Gasteiger partial charge in [-0.1, -0.05) is 13.8 Å². The molecule has 15 heavy (non-hydrogen) atoms. The Kier molecular flexibility index (Phi) is 3.41. The maximum atomic E-state index is 4.39. The monoisotopic (exact) mass is 207 g/mol. The second-order valence-electron chi connectivity index (χ2n) is 4.90. The maximum Gasteiger partial charge on any atom is 0.0492 e. The number of hydrogen-bond donors (Lipinski definition) is 1. The van der Waals surface area contributed by atoms with Gasteiger partial charge in [-0.3, -0.25) is 4.68 Å². The van der Waals surface area contributed by atoms with Crippen molar-refractivity contribution in [1.29, 1.82) is 0 Å². The highest BCUT2D eigenvalue weighted by Crippen LogP contribution is 2.12. The zero-order chi connectivity index (χ0) is 10.7. The third kappa shape index (κ3) is 2.81. The van der Waals surface area contributed by atoms with Crippen LogP contribution in [0.25, 0.3) is 0 Å². The molecule has 3 heteroatoms. The molecule has 3 nitrogen and oxygen atoms in total. The molecule has 1 unspecified atom stereocenters. The summed E-state index contributed by atoms with van der Waals surface area (Å²) in [7, 11) is 0. The number of rotatable bonds is 4. The zero-order valence-corrected chi connectivity index (χ0v) is 9.74. The van der Waals surface area contributed by atoms with Crippen molar-refractivity contribution in [1.82, 2.24) is 15.1 Å². The molecule has 1 aromatic rings. The molecule has 1 aliphatic heterocycles. The molecule has 0 bridgehead atoms. The molecule has 1 fully saturated rings. The normalized spacial score (nSPS) is 21.4. The summed E-state index contributed by atoms with van der Waals surface area (Å²) >= 11 is 0. The molecule has 0 aliphatic carbocycles. The standard InChI is InChI=1S/C12H21N3/c1-10(2)9-15-12(5-7-14-15)8-11-4-3-6-13-11/h5,7,10-11,13H,3-4,6,8-9H2,1-2H3. The van der Waals surface area contributed by atoms with Gasteiger partial charge in [-0.2, -0.15) is 5.10 Å². The molecular weight excluding hydrogens is 186 g/mol. The van der Waals surface area contributed by atoms with Gasteiger partial charge in [-0.15, -0.1) is 0 Å². The summed E-state index contributed by atoms with van der Waals surface area (Å²) in [5, 5.41) is 7.92. The SMILES string of the molecule is CC(C)Cn1nccc1CC1CCCN1. The molecule has 0 amide bonds. The molecule has 0 saturated carbocycles. The van der Waals surface area contributed by atoms with Gasteiger partial charge in [0.25, 0.3) is 0 Å². The zero-order valence-electron chi connectivity index (χ0n) is 9.74. The largest absolute Gasteiger partial charge is 0.314 e. The van der Waals surface area contributed by atoms with E-state index in [0.717, 1.165) is 13.0 Å². The summed E-state index contributed by atoms with van der Waals surface area (Å²) in [4.78, 5) is 0. The van der Waals surface area contributed by atoms with E-state index in [1.54, 1.807) is 0 Å². The fourth-order valence-electron chi connectivity index (χ4n) is 2.23. The van der Waals surface area contributed by atoms with Crippen LogP contribution < -0.4 is 5.32 Å². The smallest absolute Gasteiger partial charge is 0.0492 e. The van der Waals surface area contributed by atoms with Gasteiger partial charge in [-0.25, -0.2) is 0 Å². The van der Waals surface area contributed by atoms with Crippen LogP contribution in [0.1, 0.15) is 32.4 Å². The lowest BCUT2D eigenvalue weighted by atomic mass is 10.1. The Labute approximate surface area is 91.9 Å². The van der Waals surface area contributed by atoms with E-state index in [-0.39, 0.29) is 0 Å². The van der Waals surface area contributed by atoms with Crippen molar-refractivity contribution in [2.45, 2.75) is 45.7 Å². The lowest BCUT2D eigenvalue weighted by Crippen LogP contribution is -2.25. The van der Waals surface area contributed by atoms with Gasteiger partial charge in [0.2, 0.25) is 0 Å². The molecule has 84 valence electrons. The number of nitrogens with zero attached hydrogens (tertiary/aromatic N) is 2. The van der Waals surface area contributed by atoms with Crippen LogP contribution in [-0.4, -0.2) is 22.4 Å². The van der Waals surface area contributed by atoms with Crippen molar-refractivity contribution < 1.29 is 0 Å². The summed E-state index contributed by atoms with van der Waals surface area (Å²) in [6.07, 6.45) is 5.69. The van der Waals surface area contributed by atoms with Crippen LogP contribution in [0, 0.1) is 5.92 Å². The van der Waals surface area contributed by atoms with Gasteiger partial charge in [0.05, 0.1) is 0 Å². The van der Waals surface area contributed by atoms with Crippen molar-refractivity contribution in [2.75, 3.05) is 6.54 Å². The third-order valence-electron chi connectivity index (χ3n) is 2.96. The topological polar surface area (TPSA) is 29.9 Å². The van der Waals surface area contributed by atoms with E-state index in [2.05, 4.69) is 35.0 Å². The molecule has 2 rings (SSSR count). The second-order valence-corrected chi connectivity index (χ2v) is 4.90. The number of aromatic nitrogens is 2. The summed E-state index contributed by atoms with van der Waals surface area (Å²) in [6.45, 7) is 6.69. The Morgan fingerprint density at radius 2 is 2.47 bits per heavy atom. The molecule has 0 radical (unpaired) electrons. The van der Waals surface area contributed by atoms with Crippen LogP contribution in [-0.2, 0) is 13.0 Å². The first kappa shape index (κ1) is 10.7. The minimum absolute atomic E-state index is 0.667. The highest BCUT2D eigenvalue weighted by Gasteiger charge is 2.16. The Morgan fingerprint density at radius 3 is 3.13 bits per heavy atom. The van der Waals surface area contributed by atoms with Crippen LogP contribution in [0.3, 0.4) is 0 Å². The number of hydrogen-bond acceptors (Lipinski definition) is 2. The van der Waals surface area contributed by atoms with Crippen LogP contribution in [0.5, 0.6) is 0 Å². The van der Waals surface area contributed by atoms with Gasteiger partial charge in [0.1, 0.15) is 0 Å². The molecule has 1 atom stereocenters. The fraction of sp³-hybridized carbons (Fsp3) is 0.750. The van der Waals surface area contributed by atoms with Gasteiger partial charge in [0.15, 0.2) is 0 Å². The Morgan fingerprint density at radius 1 is 1.60 bits per heavy atom. The average molecular weight is 207 g/mol. The van der Waals surface area contributed by atoms with E-state index < -0.39 is 0 Å². The molecule has 0 aromatic carbocycles. The van der Waals surface area contributed by atoms with Gasteiger partial charge in [0, 0.05) is 30.9 Å². The summed E-state index contributed by atoms with van der Waals surface area (Å²) in [5.41, 5.74) is 1.38. The van der Waals surface area contributed by atoms with E-state index in [9.17, 15) is 0 Å². The minimum Gasteiger partial charge on any atom is -0.314 e. The second kappa shape index (κ2) is 4.79. The molecule has 1 aliphatic rings. The van der Waals surface area contributed by atoms with E-state index >= 15 is 0 Å². The lowest BCUT2D eigenvalue weighted by molar-refractivity contribution is 0.457. The van der Waals surface area contributed by atoms with Gasteiger partial charge >= 0.3 is 0 Å². The maximum absolute atomic E-state index is 4.39. The highest BCUT2D eigenvalue weighted by molar-refractivity contribution is 5.04. The molecule has 0 spiro atoms. The molecular formula is C12H21N3. The first-order chi connectivity index (χ1) is 7.25. The third-order valence-corrected chi connectivity index (χ3v) is 2.96. The van der Waals surface area contributed by atoms with Crippen molar-refractivity contribution >= 4 is 0 Å². The molecule has 1 saturated heterocycles. The van der Waals surface area contributed by atoms with Crippen molar-refractivity contribution in [3.8, 4) is 0 Å². The molecule has 2 heterocycles. The van der Waals surface area contributed by atoms with E-state index in [1.807, 2.05) is 6.20 Å². The summed E-state index contributed by atoms with van der Waals surface area (Å²) < 4.78 is 2.16. The summed E-state index contributed by atoms with van der Waals surface area (Å²) in [5.74, 6) is 0.667. The number of nitrogens with one attached hydrogen (secondary N) is 1. The van der Waals surface area contributed by atoms with Crippen LogP contribution in [0.2, 0.25) is 0 Å². The van der Waals surface area contributed by atoms with Gasteiger partial charge < -0.3 is 5.32 Å². The van der Waals surface area contributed by atoms with Crippen LogP contribution >= 0.6 is 0 Å². The highest BCUT2D eigenvalue weighted by atomic mass is 15.3. The summed E-state index contributed by atoms with van der Waals surface area (Å²) in [6, 6.07) is 2.83. The Bertz CT molecular complexity index is 298. The first-order valence-corrected chi connectivity index (χ1v) is 6.00. The van der Waals surface area contributed by atoms with Crippen molar-refractivity contribution in [3.63, 3.8) is 0 Å². The van der Waals surface area contributed by atoms with E-state index in [1.165, 1.54) is 25.1 Å². The first-order valence-electron chi connectivity index (χ1n) is 6.00. The van der Waals surface area contributed by atoms with E-state index in [0.29, 0.717) is 12.0 Å². The van der Waals surface area contributed by atoms with Crippen LogP contribution in [0.4, 0.5) is 0 Å². The van der Waals surface area contributed by atoms with Crippen molar-refractivity contribution in [2.24, 2.45) is 5.92 Å². The molecule has 1 N–H and O–H groups in total. The van der Waals surface area contributed by atoms with Crippen molar-refractivity contribution in [3.05, 3.63) is 18.0 Å². The fourth-order valence-corrected chi connectivity index (χ4v) is 2.23. The average Bonchev–Trinajstić information content (AvgIpc) is 2.78. The van der Waals surface area contributed by atoms with E-state index in [4.69, 9.17) is 0 Å². The van der Waals surface area contributed by atoms with Gasteiger partial charge in [-0.05, 0) is 31.4 Å². The predicted octanol–water partition coefficient (Wildman–Crippen LogP) is 1.83. The minimum atomic E-state index is 0.667. The predicted molar refractivity (Wildman–Crippen MR) is 61.8 cm³/mol. The lowest BCUT2D eigenvalue weighted by Gasteiger charge is -2.13.